The lowest BCUT2D eigenvalue weighted by molar-refractivity contribution is 0.416. The molecule has 2 aromatic heterocycles. The van der Waals surface area contributed by atoms with Gasteiger partial charge in [-0.3, -0.25) is 0 Å². The Balaban J connectivity index is 2.28. The predicted octanol–water partition coefficient (Wildman–Crippen LogP) is 1.85. The van der Waals surface area contributed by atoms with Gasteiger partial charge in [0.2, 0.25) is 0 Å². The average molecular weight is 270 g/mol. The molecule has 1 aromatic carbocycles. The molecule has 2 heterocycles. The number of ether oxygens (including phenoxy) is 1. The Morgan fingerprint density at radius 3 is 2.89 bits per heavy atom. The maximum Gasteiger partial charge on any atom is 0.150 e. The van der Waals surface area contributed by atoms with Crippen molar-refractivity contribution in [2.45, 2.75) is 0 Å². The third-order valence-electron chi connectivity index (χ3n) is 2.84. The highest BCUT2D eigenvalue weighted by Gasteiger charge is 2.11. The maximum absolute atomic E-state index is 6.19. The predicted molar refractivity (Wildman–Crippen MR) is 75.4 cm³/mol. The van der Waals surface area contributed by atoms with Crippen molar-refractivity contribution in [1.82, 2.24) is 14.6 Å². The van der Waals surface area contributed by atoms with E-state index in [1.807, 2.05) is 24.3 Å². The summed E-state index contributed by atoms with van der Waals surface area (Å²) in [5, 5.41) is 4.51. The molecule has 0 saturated heterocycles. The van der Waals surface area contributed by atoms with Gasteiger partial charge < -0.3 is 4.74 Å². The smallest absolute Gasteiger partial charge is 0.150 e. The molecule has 3 rings (SSSR count). The average Bonchev–Trinajstić information content (AvgIpc) is 2.81. The van der Waals surface area contributed by atoms with Gasteiger partial charge >= 0.3 is 0 Å². The van der Waals surface area contributed by atoms with E-state index in [1.54, 1.807) is 13.2 Å². The molecule has 0 spiro atoms. The number of nitrogens with zero attached hydrogens (tertiary/aromatic N) is 3. The number of methoxy groups -OCH3 is 1. The molecule has 4 nitrogen and oxygen atoms in total. The zero-order valence-electron chi connectivity index (χ0n) is 10.2. The van der Waals surface area contributed by atoms with Crippen molar-refractivity contribution in [2.75, 3.05) is 7.11 Å². The number of fused-ring (bicyclic) bond motifs is 1. The van der Waals surface area contributed by atoms with Crippen molar-refractivity contribution in [3.05, 3.63) is 41.7 Å². The van der Waals surface area contributed by atoms with E-state index in [2.05, 4.69) is 10.1 Å². The normalized spacial score (nSPS) is 10.8. The summed E-state index contributed by atoms with van der Waals surface area (Å²) in [6.45, 7) is 0. The highest BCUT2D eigenvalue weighted by atomic mass is 35.5. The quantitative estimate of drug-likeness (QED) is 0.526. The number of hydrogen-bond donors (Lipinski definition) is 0. The second-order valence-corrected chi connectivity index (χ2v) is 4.39. The Hall–Kier alpha value is -2.01. The SMILES string of the molecule is [B]c1cnn2c(Cl)cc(-c3ccccc3OC)nc12. The molecule has 0 amide bonds. The van der Waals surface area contributed by atoms with Gasteiger partial charge in [0.05, 0.1) is 12.8 Å². The van der Waals surface area contributed by atoms with Gasteiger partial charge in [0.25, 0.3) is 0 Å². The standard InChI is InChI=1S/C13H9BClN3O/c1-19-11-5-3-2-4-8(11)10-6-12(15)18-13(17-10)9(14)7-16-18/h2-7H,1H3. The first-order chi connectivity index (χ1) is 9.20. The summed E-state index contributed by atoms with van der Waals surface area (Å²) in [5.74, 6) is 0.730. The van der Waals surface area contributed by atoms with Gasteiger partial charge in [-0.25, -0.2) is 9.50 Å². The molecule has 0 aliphatic rings. The van der Waals surface area contributed by atoms with E-state index < -0.39 is 0 Å². The molecule has 6 heteroatoms. The van der Waals surface area contributed by atoms with E-state index >= 15 is 0 Å². The number of aromatic nitrogens is 3. The molecule has 2 radical (unpaired) electrons. The topological polar surface area (TPSA) is 39.4 Å². The Morgan fingerprint density at radius 2 is 2.11 bits per heavy atom. The van der Waals surface area contributed by atoms with E-state index in [4.69, 9.17) is 24.2 Å². The molecule has 0 fully saturated rings. The lowest BCUT2D eigenvalue weighted by Crippen LogP contribution is -2.04. The van der Waals surface area contributed by atoms with Crippen LogP contribution in [-0.4, -0.2) is 29.6 Å². The lowest BCUT2D eigenvalue weighted by Gasteiger charge is -2.08. The second-order valence-electron chi connectivity index (χ2n) is 4.00. The molecule has 0 atom stereocenters. The molecular weight excluding hydrogens is 260 g/mol. The Labute approximate surface area is 116 Å². The van der Waals surface area contributed by atoms with Crippen molar-refractivity contribution < 1.29 is 4.74 Å². The van der Waals surface area contributed by atoms with Crippen molar-refractivity contribution in [3.8, 4) is 17.0 Å². The third-order valence-corrected chi connectivity index (χ3v) is 3.11. The summed E-state index contributed by atoms with van der Waals surface area (Å²) in [5.41, 5.74) is 2.57. The van der Waals surface area contributed by atoms with Crippen LogP contribution in [0.5, 0.6) is 5.75 Å². The first-order valence-electron chi connectivity index (χ1n) is 5.64. The van der Waals surface area contributed by atoms with Crippen LogP contribution in [0.1, 0.15) is 0 Å². The zero-order chi connectivity index (χ0) is 13.4. The maximum atomic E-state index is 6.19. The molecule has 92 valence electrons. The Bertz CT molecular complexity index is 757. The first kappa shape index (κ1) is 12.1. The van der Waals surface area contributed by atoms with E-state index in [0.717, 1.165) is 11.3 Å². The largest absolute Gasteiger partial charge is 0.496 e. The van der Waals surface area contributed by atoms with Crippen LogP contribution in [0, 0.1) is 0 Å². The molecule has 0 bridgehead atoms. The van der Waals surface area contributed by atoms with Gasteiger partial charge in [-0.15, -0.1) is 0 Å². The number of hydrogen-bond acceptors (Lipinski definition) is 3. The van der Waals surface area contributed by atoms with Crippen LogP contribution in [0.4, 0.5) is 0 Å². The first-order valence-corrected chi connectivity index (χ1v) is 6.01. The minimum absolute atomic E-state index is 0.447. The summed E-state index contributed by atoms with van der Waals surface area (Å²) in [4.78, 5) is 4.49. The summed E-state index contributed by atoms with van der Waals surface area (Å²) in [7, 11) is 7.44. The van der Waals surface area contributed by atoms with E-state index in [-0.39, 0.29) is 0 Å². The van der Waals surface area contributed by atoms with Crippen molar-refractivity contribution in [2.24, 2.45) is 0 Å². The number of para-hydroxylation sites is 1. The lowest BCUT2D eigenvalue weighted by atomic mass is 10.0. The minimum atomic E-state index is 0.447. The van der Waals surface area contributed by atoms with Gasteiger partial charge in [-0.2, -0.15) is 5.10 Å². The third kappa shape index (κ3) is 1.96. The molecule has 0 aliphatic carbocycles. The molecular formula is C13H9BClN3O. The fraction of sp³-hybridized carbons (Fsp3) is 0.0769. The van der Waals surface area contributed by atoms with Gasteiger partial charge in [-0.1, -0.05) is 23.7 Å². The highest BCUT2D eigenvalue weighted by molar-refractivity contribution is 6.36. The van der Waals surface area contributed by atoms with Gasteiger partial charge in [0.1, 0.15) is 24.4 Å². The fourth-order valence-corrected chi connectivity index (χ4v) is 2.16. The van der Waals surface area contributed by atoms with Gasteiger partial charge in [0, 0.05) is 17.8 Å². The molecule has 0 saturated carbocycles. The van der Waals surface area contributed by atoms with Gasteiger partial charge in [-0.05, 0) is 17.6 Å². The minimum Gasteiger partial charge on any atom is -0.496 e. The van der Waals surface area contributed by atoms with Crippen LogP contribution in [0.25, 0.3) is 16.9 Å². The molecule has 0 N–H and O–H groups in total. The Kier molecular flexibility index (Phi) is 2.91. The number of benzene rings is 1. The van der Waals surface area contributed by atoms with Gasteiger partial charge in [0.15, 0.2) is 0 Å². The summed E-state index contributed by atoms with van der Waals surface area (Å²) in [6, 6.07) is 9.33. The fourth-order valence-electron chi connectivity index (χ4n) is 1.94. The number of halogens is 1. The second kappa shape index (κ2) is 4.59. The van der Waals surface area contributed by atoms with Crippen LogP contribution in [0.3, 0.4) is 0 Å². The summed E-state index contributed by atoms with van der Waals surface area (Å²) >= 11 is 6.19. The highest BCUT2D eigenvalue weighted by Crippen LogP contribution is 2.29. The summed E-state index contributed by atoms with van der Waals surface area (Å²) in [6.07, 6.45) is 1.53. The van der Waals surface area contributed by atoms with Crippen LogP contribution in [0.15, 0.2) is 36.5 Å². The molecule has 0 aliphatic heterocycles. The van der Waals surface area contributed by atoms with Crippen LogP contribution >= 0.6 is 11.6 Å². The van der Waals surface area contributed by atoms with Crippen LogP contribution in [0.2, 0.25) is 5.15 Å². The van der Waals surface area contributed by atoms with E-state index in [1.165, 1.54) is 10.7 Å². The Morgan fingerprint density at radius 1 is 1.32 bits per heavy atom. The molecule has 19 heavy (non-hydrogen) atoms. The zero-order valence-corrected chi connectivity index (χ0v) is 10.9. The molecule has 3 aromatic rings. The van der Waals surface area contributed by atoms with Crippen molar-refractivity contribution in [3.63, 3.8) is 0 Å². The van der Waals surface area contributed by atoms with E-state index in [9.17, 15) is 0 Å². The van der Waals surface area contributed by atoms with Crippen LogP contribution < -0.4 is 10.2 Å². The monoisotopic (exact) mass is 269 g/mol. The van der Waals surface area contributed by atoms with E-state index in [0.29, 0.717) is 22.0 Å². The summed E-state index contributed by atoms with van der Waals surface area (Å²) < 4.78 is 6.82. The van der Waals surface area contributed by atoms with Crippen LogP contribution in [-0.2, 0) is 0 Å². The van der Waals surface area contributed by atoms with Crippen molar-refractivity contribution in [1.29, 1.82) is 0 Å². The van der Waals surface area contributed by atoms with Crippen molar-refractivity contribution >= 4 is 30.6 Å². The molecule has 0 unspecified atom stereocenters. The number of rotatable bonds is 2.